The average molecular weight is 464 g/mol. The minimum atomic E-state index is -3.67. The minimum absolute atomic E-state index is 0.0324. The number of anilines is 2. The van der Waals surface area contributed by atoms with Gasteiger partial charge in [-0.15, -0.1) is 0 Å². The third-order valence-electron chi connectivity index (χ3n) is 6.18. The Balaban J connectivity index is 1.42. The average Bonchev–Trinajstić information content (AvgIpc) is 2.84. The molecule has 0 aliphatic carbocycles. The summed E-state index contributed by atoms with van der Waals surface area (Å²) in [6.07, 6.45) is 0. The van der Waals surface area contributed by atoms with Gasteiger partial charge in [0.1, 0.15) is 0 Å². The van der Waals surface area contributed by atoms with E-state index in [1.165, 1.54) is 22.6 Å². The predicted octanol–water partition coefficient (Wildman–Crippen LogP) is 4.09. The molecule has 4 rings (SSSR count). The first-order valence-electron chi connectivity index (χ1n) is 11.0. The van der Waals surface area contributed by atoms with Crippen LogP contribution in [0.15, 0.2) is 77.7 Å². The number of para-hydroxylation sites is 1. The van der Waals surface area contributed by atoms with Gasteiger partial charge in [-0.1, -0.05) is 35.9 Å². The topological polar surface area (TPSA) is 60.9 Å². The molecule has 172 valence electrons. The van der Waals surface area contributed by atoms with Crippen molar-refractivity contribution in [3.63, 3.8) is 0 Å². The molecule has 1 amide bonds. The molecule has 3 aromatic carbocycles. The number of sulfonamides is 1. The number of hydrogen-bond donors (Lipinski definition) is 0. The highest BCUT2D eigenvalue weighted by Gasteiger charge is 2.24. The van der Waals surface area contributed by atoms with Crippen LogP contribution in [0.1, 0.15) is 21.5 Å². The summed E-state index contributed by atoms with van der Waals surface area (Å²) in [5, 5.41) is 0. The maximum atomic E-state index is 13.0. The molecule has 33 heavy (non-hydrogen) atoms. The van der Waals surface area contributed by atoms with Crippen molar-refractivity contribution in [1.29, 1.82) is 0 Å². The van der Waals surface area contributed by atoms with Gasteiger partial charge in [0.25, 0.3) is 15.9 Å². The van der Waals surface area contributed by atoms with E-state index in [0.29, 0.717) is 24.3 Å². The molecule has 1 saturated heterocycles. The van der Waals surface area contributed by atoms with Crippen LogP contribution in [-0.4, -0.2) is 52.5 Å². The Morgan fingerprint density at radius 2 is 1.42 bits per heavy atom. The van der Waals surface area contributed by atoms with Crippen molar-refractivity contribution in [2.45, 2.75) is 18.7 Å². The standard InChI is InChI=1S/C26H29N3O3S/c1-20-8-14-24(15-9-20)33(31,32)27(3)23-12-10-22(11-13-23)26(30)29-18-16-28(17-19-29)25-7-5-4-6-21(25)2/h4-15H,16-19H2,1-3H3. The van der Waals surface area contributed by atoms with Gasteiger partial charge in [0, 0.05) is 44.5 Å². The molecule has 6 nitrogen and oxygen atoms in total. The number of benzene rings is 3. The lowest BCUT2D eigenvalue weighted by Gasteiger charge is -2.36. The monoisotopic (exact) mass is 463 g/mol. The van der Waals surface area contributed by atoms with E-state index < -0.39 is 10.0 Å². The van der Waals surface area contributed by atoms with Crippen LogP contribution in [-0.2, 0) is 10.0 Å². The molecule has 0 saturated carbocycles. The van der Waals surface area contributed by atoms with Gasteiger partial charge in [0.05, 0.1) is 10.6 Å². The summed E-state index contributed by atoms with van der Waals surface area (Å²) in [4.78, 5) is 17.4. The predicted molar refractivity (Wildman–Crippen MR) is 133 cm³/mol. The summed E-state index contributed by atoms with van der Waals surface area (Å²) in [7, 11) is -2.14. The summed E-state index contributed by atoms with van der Waals surface area (Å²) in [5.41, 5.74) is 4.52. The van der Waals surface area contributed by atoms with E-state index in [0.717, 1.165) is 18.7 Å². The van der Waals surface area contributed by atoms with Crippen molar-refractivity contribution >= 4 is 27.3 Å². The van der Waals surface area contributed by atoms with E-state index in [2.05, 4.69) is 24.0 Å². The Labute approximate surface area is 196 Å². The van der Waals surface area contributed by atoms with E-state index in [1.807, 2.05) is 24.0 Å². The van der Waals surface area contributed by atoms with Crippen molar-refractivity contribution in [2.75, 3.05) is 42.4 Å². The van der Waals surface area contributed by atoms with Gasteiger partial charge in [0.15, 0.2) is 0 Å². The molecule has 1 fully saturated rings. The first-order chi connectivity index (χ1) is 15.8. The van der Waals surface area contributed by atoms with Crippen molar-refractivity contribution in [2.24, 2.45) is 0 Å². The third kappa shape index (κ3) is 4.73. The van der Waals surface area contributed by atoms with Crippen LogP contribution in [0, 0.1) is 13.8 Å². The fraction of sp³-hybridized carbons (Fsp3) is 0.269. The Kier molecular flexibility index (Phi) is 6.42. The highest BCUT2D eigenvalue weighted by Crippen LogP contribution is 2.24. The van der Waals surface area contributed by atoms with Crippen molar-refractivity contribution in [1.82, 2.24) is 4.90 Å². The molecule has 0 unspecified atom stereocenters. The van der Waals surface area contributed by atoms with Gasteiger partial charge in [-0.2, -0.15) is 0 Å². The van der Waals surface area contributed by atoms with Crippen molar-refractivity contribution < 1.29 is 13.2 Å². The molecule has 0 aromatic heterocycles. The van der Waals surface area contributed by atoms with Gasteiger partial charge in [-0.05, 0) is 61.9 Å². The molecule has 1 aliphatic rings. The highest BCUT2D eigenvalue weighted by molar-refractivity contribution is 7.92. The number of hydrogen-bond acceptors (Lipinski definition) is 4. The minimum Gasteiger partial charge on any atom is -0.368 e. The van der Waals surface area contributed by atoms with Gasteiger partial charge in [-0.25, -0.2) is 8.42 Å². The van der Waals surface area contributed by atoms with Crippen molar-refractivity contribution in [3.05, 3.63) is 89.5 Å². The van der Waals surface area contributed by atoms with Crippen LogP contribution in [0.5, 0.6) is 0 Å². The van der Waals surface area contributed by atoms with Gasteiger partial charge in [-0.3, -0.25) is 9.10 Å². The summed E-state index contributed by atoms with van der Waals surface area (Å²) < 4.78 is 27.1. The molecule has 1 aliphatic heterocycles. The maximum absolute atomic E-state index is 13.0. The molecule has 0 radical (unpaired) electrons. The molecule has 7 heteroatoms. The lowest BCUT2D eigenvalue weighted by molar-refractivity contribution is 0.0747. The molecule has 0 N–H and O–H groups in total. The van der Waals surface area contributed by atoms with Crippen LogP contribution in [0.25, 0.3) is 0 Å². The number of rotatable bonds is 5. The van der Waals surface area contributed by atoms with E-state index in [-0.39, 0.29) is 10.8 Å². The zero-order valence-corrected chi connectivity index (χ0v) is 20.0. The fourth-order valence-corrected chi connectivity index (χ4v) is 5.27. The van der Waals surface area contributed by atoms with E-state index in [1.54, 1.807) is 48.5 Å². The van der Waals surface area contributed by atoms with Gasteiger partial charge < -0.3 is 9.80 Å². The first-order valence-corrected chi connectivity index (χ1v) is 12.5. The van der Waals surface area contributed by atoms with Gasteiger partial charge in [0.2, 0.25) is 0 Å². The lowest BCUT2D eigenvalue weighted by Crippen LogP contribution is -2.49. The number of carbonyl (C=O) groups is 1. The smallest absolute Gasteiger partial charge is 0.264 e. The summed E-state index contributed by atoms with van der Waals surface area (Å²) >= 11 is 0. The van der Waals surface area contributed by atoms with Crippen LogP contribution in [0.4, 0.5) is 11.4 Å². The maximum Gasteiger partial charge on any atom is 0.264 e. The van der Waals surface area contributed by atoms with Crippen molar-refractivity contribution in [3.8, 4) is 0 Å². The van der Waals surface area contributed by atoms with E-state index in [9.17, 15) is 13.2 Å². The largest absolute Gasteiger partial charge is 0.368 e. The first kappa shape index (κ1) is 22.9. The summed E-state index contributed by atoms with van der Waals surface area (Å²) in [6.45, 7) is 6.88. The molecule has 1 heterocycles. The number of nitrogens with zero attached hydrogens (tertiary/aromatic N) is 3. The molecular weight excluding hydrogens is 434 g/mol. The van der Waals surface area contributed by atoms with Crippen LogP contribution < -0.4 is 9.21 Å². The number of carbonyl (C=O) groups excluding carboxylic acids is 1. The second kappa shape index (κ2) is 9.27. The molecule has 0 spiro atoms. The van der Waals surface area contributed by atoms with Gasteiger partial charge >= 0.3 is 0 Å². The normalized spacial score (nSPS) is 14.3. The Morgan fingerprint density at radius 3 is 2.03 bits per heavy atom. The second-order valence-corrected chi connectivity index (χ2v) is 10.4. The van der Waals surface area contributed by atoms with E-state index in [4.69, 9.17) is 0 Å². The zero-order chi connectivity index (χ0) is 23.6. The molecular formula is C26H29N3O3S. The fourth-order valence-electron chi connectivity index (χ4n) is 4.07. The Hall–Kier alpha value is -3.32. The van der Waals surface area contributed by atoms with Crippen LogP contribution in [0.3, 0.4) is 0 Å². The highest BCUT2D eigenvalue weighted by atomic mass is 32.2. The lowest BCUT2D eigenvalue weighted by atomic mass is 10.1. The SMILES string of the molecule is Cc1ccc(S(=O)(=O)N(C)c2ccc(C(=O)N3CCN(c4ccccc4C)CC3)cc2)cc1. The zero-order valence-electron chi connectivity index (χ0n) is 19.2. The number of piperazine rings is 1. The molecule has 0 atom stereocenters. The quantitative estimate of drug-likeness (QED) is 0.572. The molecule has 0 bridgehead atoms. The summed E-state index contributed by atoms with van der Waals surface area (Å²) in [5.74, 6) is -0.0324. The van der Waals surface area contributed by atoms with Crippen LogP contribution >= 0.6 is 0 Å². The third-order valence-corrected chi connectivity index (χ3v) is 7.98. The van der Waals surface area contributed by atoms with Crippen LogP contribution in [0.2, 0.25) is 0 Å². The van der Waals surface area contributed by atoms with E-state index >= 15 is 0 Å². The molecule has 3 aromatic rings. The number of amides is 1. The summed E-state index contributed by atoms with van der Waals surface area (Å²) in [6, 6.07) is 21.8. The number of aryl methyl sites for hydroxylation is 2. The Morgan fingerprint density at radius 1 is 0.818 bits per heavy atom. The second-order valence-electron chi connectivity index (χ2n) is 8.40. The Bertz CT molecular complexity index is 1230.